The molecule has 2 atom stereocenters. The van der Waals surface area contributed by atoms with Crippen LogP contribution in [0.25, 0.3) is 0 Å². The summed E-state index contributed by atoms with van der Waals surface area (Å²) in [6.07, 6.45) is 5.09. The van der Waals surface area contributed by atoms with Gasteiger partial charge in [0.1, 0.15) is 0 Å². The van der Waals surface area contributed by atoms with Gasteiger partial charge in [0, 0.05) is 22.1 Å². The molecule has 3 heteroatoms. The number of hydrogen-bond acceptors (Lipinski definition) is 1. The molecule has 0 aliphatic heterocycles. The van der Waals surface area contributed by atoms with Gasteiger partial charge in [-0.1, -0.05) is 54.8 Å². The van der Waals surface area contributed by atoms with Crippen LogP contribution < -0.4 is 5.32 Å². The number of halogens is 2. The van der Waals surface area contributed by atoms with Gasteiger partial charge in [-0.2, -0.15) is 0 Å². The molecule has 1 N–H and O–H groups in total. The van der Waals surface area contributed by atoms with Gasteiger partial charge in [-0.15, -0.1) is 0 Å². The Morgan fingerprint density at radius 2 is 1.76 bits per heavy atom. The maximum absolute atomic E-state index is 6.20. The summed E-state index contributed by atoms with van der Waals surface area (Å²) in [5.41, 5.74) is 2.55. The monoisotopic (exact) mass is 363 g/mol. The van der Waals surface area contributed by atoms with Gasteiger partial charge >= 0.3 is 0 Å². The van der Waals surface area contributed by atoms with Gasteiger partial charge in [0.25, 0.3) is 0 Å². The van der Waals surface area contributed by atoms with E-state index in [2.05, 4.69) is 57.6 Å². The average Bonchev–Trinajstić information content (AvgIpc) is 2.52. The van der Waals surface area contributed by atoms with Crippen LogP contribution in [0.2, 0.25) is 5.02 Å². The van der Waals surface area contributed by atoms with Crippen LogP contribution in [0.4, 0.5) is 5.69 Å². The Kier molecular flexibility index (Phi) is 4.87. The van der Waals surface area contributed by atoms with E-state index in [-0.39, 0.29) is 0 Å². The Bertz CT molecular complexity index is 599. The third-order valence-corrected chi connectivity index (χ3v) is 5.50. The third kappa shape index (κ3) is 3.61. The van der Waals surface area contributed by atoms with Crippen LogP contribution in [-0.2, 0) is 0 Å². The fraction of sp³-hybridized carbons (Fsp3) is 0.333. The molecule has 21 heavy (non-hydrogen) atoms. The predicted molar refractivity (Wildman–Crippen MR) is 94.2 cm³/mol. The van der Waals surface area contributed by atoms with E-state index in [9.17, 15) is 0 Å². The highest BCUT2D eigenvalue weighted by Crippen LogP contribution is 2.35. The summed E-state index contributed by atoms with van der Waals surface area (Å²) in [6.45, 7) is 0. The lowest BCUT2D eigenvalue weighted by atomic mass is 9.80. The van der Waals surface area contributed by atoms with Gasteiger partial charge in [0.05, 0.1) is 5.02 Å². The zero-order valence-corrected chi connectivity index (χ0v) is 14.2. The number of rotatable bonds is 3. The van der Waals surface area contributed by atoms with E-state index in [1.807, 2.05) is 12.1 Å². The maximum Gasteiger partial charge on any atom is 0.0568 e. The topological polar surface area (TPSA) is 12.0 Å². The molecule has 1 aliphatic carbocycles. The van der Waals surface area contributed by atoms with Crippen molar-refractivity contribution in [2.45, 2.75) is 37.6 Å². The van der Waals surface area contributed by atoms with Gasteiger partial charge in [0.2, 0.25) is 0 Å². The molecule has 2 aromatic carbocycles. The summed E-state index contributed by atoms with van der Waals surface area (Å²) in [4.78, 5) is 0. The first-order valence-electron chi connectivity index (χ1n) is 7.50. The Morgan fingerprint density at radius 3 is 2.52 bits per heavy atom. The van der Waals surface area contributed by atoms with E-state index in [1.165, 1.54) is 31.2 Å². The number of benzene rings is 2. The van der Waals surface area contributed by atoms with Crippen molar-refractivity contribution in [3.05, 3.63) is 63.6 Å². The minimum atomic E-state index is 0.485. The lowest BCUT2D eigenvalue weighted by molar-refractivity contribution is 0.405. The molecule has 1 fully saturated rings. The lowest BCUT2D eigenvalue weighted by Crippen LogP contribution is -2.30. The molecular weight excluding hydrogens is 346 g/mol. The first-order valence-corrected chi connectivity index (χ1v) is 8.67. The van der Waals surface area contributed by atoms with Crippen LogP contribution in [-0.4, -0.2) is 6.04 Å². The van der Waals surface area contributed by atoms with E-state index >= 15 is 0 Å². The maximum atomic E-state index is 6.20. The van der Waals surface area contributed by atoms with E-state index in [0.717, 1.165) is 15.2 Å². The molecule has 0 spiro atoms. The average molecular weight is 365 g/mol. The molecule has 1 saturated carbocycles. The van der Waals surface area contributed by atoms with E-state index in [1.54, 1.807) is 0 Å². The molecule has 0 bridgehead atoms. The second-order valence-corrected chi connectivity index (χ2v) is 6.94. The van der Waals surface area contributed by atoms with Crippen LogP contribution in [0.1, 0.15) is 37.2 Å². The molecule has 0 heterocycles. The second-order valence-electron chi connectivity index (χ2n) is 5.68. The van der Waals surface area contributed by atoms with Crippen molar-refractivity contribution >= 4 is 33.2 Å². The summed E-state index contributed by atoms with van der Waals surface area (Å²) in [7, 11) is 0. The molecule has 2 aromatic rings. The molecule has 2 unspecified atom stereocenters. The van der Waals surface area contributed by atoms with Gasteiger partial charge in [0.15, 0.2) is 0 Å². The van der Waals surface area contributed by atoms with Gasteiger partial charge in [-0.25, -0.2) is 0 Å². The number of nitrogens with one attached hydrogen (secondary N) is 1. The highest BCUT2D eigenvalue weighted by molar-refractivity contribution is 9.10. The third-order valence-electron chi connectivity index (χ3n) is 4.27. The van der Waals surface area contributed by atoms with Crippen LogP contribution in [0.15, 0.2) is 53.0 Å². The van der Waals surface area contributed by atoms with Crippen molar-refractivity contribution < 1.29 is 0 Å². The predicted octanol–water partition coefficient (Wildman–Crippen LogP) is 6.24. The zero-order valence-electron chi connectivity index (χ0n) is 11.9. The highest BCUT2D eigenvalue weighted by Gasteiger charge is 2.26. The van der Waals surface area contributed by atoms with E-state index in [4.69, 9.17) is 11.6 Å². The molecule has 1 nitrogen and oxygen atoms in total. The van der Waals surface area contributed by atoms with Crippen molar-refractivity contribution in [3.63, 3.8) is 0 Å². The number of anilines is 1. The van der Waals surface area contributed by atoms with Crippen molar-refractivity contribution in [2.75, 3.05) is 5.32 Å². The minimum absolute atomic E-state index is 0.485. The first kappa shape index (κ1) is 14.9. The van der Waals surface area contributed by atoms with Crippen LogP contribution in [0.3, 0.4) is 0 Å². The summed E-state index contributed by atoms with van der Waals surface area (Å²) in [5.74, 6) is 0.586. The Labute approximate surface area is 139 Å². The minimum Gasteiger partial charge on any atom is -0.382 e. The fourth-order valence-corrected chi connectivity index (χ4v) is 3.63. The molecule has 0 aromatic heterocycles. The lowest BCUT2D eigenvalue weighted by Gasteiger charge is -2.33. The number of hydrogen-bond donors (Lipinski definition) is 1. The SMILES string of the molecule is Clc1cc(NC2CCCCC2c2ccccc2)ccc1Br. The largest absolute Gasteiger partial charge is 0.382 e. The van der Waals surface area contributed by atoms with Crippen molar-refractivity contribution in [1.82, 2.24) is 0 Å². The molecule has 0 saturated heterocycles. The summed E-state index contributed by atoms with van der Waals surface area (Å²) < 4.78 is 0.943. The normalized spacial score (nSPS) is 22.0. The Balaban J connectivity index is 1.79. The molecule has 1 aliphatic rings. The van der Waals surface area contributed by atoms with E-state index < -0.39 is 0 Å². The highest BCUT2D eigenvalue weighted by atomic mass is 79.9. The van der Waals surface area contributed by atoms with Gasteiger partial charge < -0.3 is 5.32 Å². The first-order chi connectivity index (χ1) is 10.2. The standard InChI is InChI=1S/C18H19BrClN/c19-16-11-10-14(12-17(16)20)21-18-9-5-4-8-15(18)13-6-2-1-3-7-13/h1-3,6-7,10-12,15,18,21H,4-5,8-9H2. The zero-order chi connectivity index (χ0) is 14.7. The van der Waals surface area contributed by atoms with Crippen LogP contribution in [0.5, 0.6) is 0 Å². The van der Waals surface area contributed by atoms with Gasteiger partial charge in [-0.05, 0) is 52.5 Å². The van der Waals surface area contributed by atoms with Crippen molar-refractivity contribution in [2.24, 2.45) is 0 Å². The van der Waals surface area contributed by atoms with Crippen molar-refractivity contribution in [1.29, 1.82) is 0 Å². The smallest absolute Gasteiger partial charge is 0.0568 e. The Morgan fingerprint density at radius 1 is 1.00 bits per heavy atom. The molecule has 0 radical (unpaired) electrons. The second kappa shape index (κ2) is 6.85. The van der Waals surface area contributed by atoms with Crippen molar-refractivity contribution in [3.8, 4) is 0 Å². The van der Waals surface area contributed by atoms with Crippen LogP contribution in [0, 0.1) is 0 Å². The molecular formula is C18H19BrClN. The summed E-state index contributed by atoms with van der Waals surface area (Å²) >= 11 is 9.64. The summed E-state index contributed by atoms with van der Waals surface area (Å²) in [5, 5.41) is 4.45. The molecule has 3 rings (SSSR count). The fourth-order valence-electron chi connectivity index (χ4n) is 3.20. The molecule has 110 valence electrons. The Hall–Kier alpha value is -0.990. The summed E-state index contributed by atoms with van der Waals surface area (Å²) in [6, 6.07) is 17.4. The van der Waals surface area contributed by atoms with Gasteiger partial charge in [-0.3, -0.25) is 0 Å². The molecule has 0 amide bonds. The van der Waals surface area contributed by atoms with Crippen LogP contribution >= 0.6 is 27.5 Å². The van der Waals surface area contributed by atoms with E-state index in [0.29, 0.717) is 12.0 Å². The quantitative estimate of drug-likeness (QED) is 0.679.